The van der Waals surface area contributed by atoms with Crippen molar-refractivity contribution >= 4 is 11.6 Å². The number of benzene rings is 1. The van der Waals surface area contributed by atoms with E-state index in [0.717, 1.165) is 13.1 Å². The molecule has 1 fully saturated rings. The molecular weight excluding hydrogens is 229 g/mol. The van der Waals surface area contributed by atoms with E-state index in [0.29, 0.717) is 24.8 Å². The fraction of sp³-hybridized carbons (Fsp3) is 0.500. The Hall–Kier alpha value is -0.640. The molecule has 1 heterocycles. The number of nitrogens with one attached hydrogen (secondary N) is 1. The second-order valence-corrected chi connectivity index (χ2v) is 4.77. The van der Waals surface area contributed by atoms with Gasteiger partial charge in [0.15, 0.2) is 0 Å². The van der Waals surface area contributed by atoms with Gasteiger partial charge in [0.2, 0.25) is 0 Å². The van der Waals surface area contributed by atoms with Gasteiger partial charge in [0.25, 0.3) is 0 Å². The van der Waals surface area contributed by atoms with Crippen molar-refractivity contribution in [3.63, 3.8) is 0 Å². The molecule has 2 rings (SSSR count). The Balaban J connectivity index is 2.16. The largest absolute Gasteiger partial charge is 0.389 e. The van der Waals surface area contributed by atoms with Crippen LogP contribution < -0.4 is 5.32 Å². The van der Waals surface area contributed by atoms with E-state index in [2.05, 4.69) is 5.32 Å². The van der Waals surface area contributed by atoms with E-state index in [9.17, 15) is 9.50 Å². The molecule has 1 aliphatic heterocycles. The predicted octanol–water partition coefficient (Wildman–Crippen LogP) is 2.14. The monoisotopic (exact) mass is 243 g/mol. The van der Waals surface area contributed by atoms with Crippen molar-refractivity contribution in [1.29, 1.82) is 0 Å². The number of halogens is 2. The van der Waals surface area contributed by atoms with E-state index in [-0.39, 0.29) is 5.02 Å². The topological polar surface area (TPSA) is 32.3 Å². The van der Waals surface area contributed by atoms with Gasteiger partial charge in [-0.3, -0.25) is 0 Å². The lowest BCUT2D eigenvalue weighted by Crippen LogP contribution is -2.43. The minimum atomic E-state index is -0.795. The van der Waals surface area contributed by atoms with E-state index in [1.54, 1.807) is 12.1 Å². The van der Waals surface area contributed by atoms with Crippen LogP contribution in [0, 0.1) is 5.82 Å². The SMILES string of the molecule is OC1(Cc2cccc(Cl)c2F)CCNCC1. The second kappa shape index (κ2) is 4.70. The average Bonchev–Trinajstić information content (AvgIpc) is 2.26. The maximum Gasteiger partial charge on any atom is 0.145 e. The average molecular weight is 244 g/mol. The van der Waals surface area contributed by atoms with Gasteiger partial charge in [-0.2, -0.15) is 0 Å². The van der Waals surface area contributed by atoms with Crippen molar-refractivity contribution in [2.24, 2.45) is 0 Å². The van der Waals surface area contributed by atoms with Crippen molar-refractivity contribution in [1.82, 2.24) is 5.32 Å². The molecule has 0 atom stereocenters. The maximum atomic E-state index is 13.7. The van der Waals surface area contributed by atoms with Gasteiger partial charge in [-0.1, -0.05) is 23.7 Å². The van der Waals surface area contributed by atoms with Crippen molar-refractivity contribution < 1.29 is 9.50 Å². The van der Waals surface area contributed by atoms with Crippen molar-refractivity contribution in [2.75, 3.05) is 13.1 Å². The van der Waals surface area contributed by atoms with Gasteiger partial charge in [-0.15, -0.1) is 0 Å². The molecule has 2 N–H and O–H groups in total. The van der Waals surface area contributed by atoms with E-state index >= 15 is 0 Å². The molecule has 0 spiro atoms. The van der Waals surface area contributed by atoms with Crippen LogP contribution >= 0.6 is 11.6 Å². The summed E-state index contributed by atoms with van der Waals surface area (Å²) in [6.45, 7) is 1.55. The van der Waals surface area contributed by atoms with Crippen molar-refractivity contribution in [3.8, 4) is 0 Å². The number of piperidine rings is 1. The van der Waals surface area contributed by atoms with Gasteiger partial charge in [0.05, 0.1) is 10.6 Å². The van der Waals surface area contributed by atoms with Gasteiger partial charge in [0, 0.05) is 6.42 Å². The summed E-state index contributed by atoms with van der Waals surface area (Å²) in [5, 5.41) is 13.6. The van der Waals surface area contributed by atoms with Crippen LogP contribution in [0.2, 0.25) is 5.02 Å². The molecule has 0 bridgehead atoms. The summed E-state index contributed by atoms with van der Waals surface area (Å²) < 4.78 is 13.7. The minimum absolute atomic E-state index is 0.120. The molecule has 0 aromatic heterocycles. The highest BCUT2D eigenvalue weighted by Gasteiger charge is 2.30. The number of hydrogen-bond acceptors (Lipinski definition) is 2. The van der Waals surface area contributed by atoms with Gasteiger partial charge < -0.3 is 10.4 Å². The molecule has 2 nitrogen and oxygen atoms in total. The highest BCUT2D eigenvalue weighted by Crippen LogP contribution is 2.26. The maximum absolute atomic E-state index is 13.7. The van der Waals surface area contributed by atoms with Crippen LogP contribution in [-0.2, 0) is 6.42 Å². The Morgan fingerprint density at radius 2 is 2.06 bits per heavy atom. The lowest BCUT2D eigenvalue weighted by atomic mass is 9.86. The molecule has 16 heavy (non-hydrogen) atoms. The molecule has 88 valence electrons. The van der Waals surface area contributed by atoms with Crippen molar-refractivity contribution in [3.05, 3.63) is 34.6 Å². The number of hydrogen-bond donors (Lipinski definition) is 2. The van der Waals surface area contributed by atoms with Crippen LogP contribution in [-0.4, -0.2) is 23.8 Å². The van der Waals surface area contributed by atoms with Crippen LogP contribution in [0.4, 0.5) is 4.39 Å². The zero-order chi connectivity index (χ0) is 11.6. The molecule has 0 saturated carbocycles. The summed E-state index contributed by atoms with van der Waals surface area (Å²) in [6.07, 6.45) is 1.64. The third-order valence-electron chi connectivity index (χ3n) is 3.09. The zero-order valence-corrected chi connectivity index (χ0v) is 9.73. The lowest BCUT2D eigenvalue weighted by Gasteiger charge is -2.32. The molecule has 0 unspecified atom stereocenters. The van der Waals surface area contributed by atoms with E-state index in [1.807, 2.05) is 0 Å². The summed E-state index contributed by atoms with van der Waals surface area (Å²) >= 11 is 5.71. The Kier molecular flexibility index (Phi) is 3.47. The third kappa shape index (κ3) is 2.54. The lowest BCUT2D eigenvalue weighted by molar-refractivity contribution is 0.0101. The standard InChI is InChI=1S/C12H15ClFNO/c13-10-3-1-2-9(11(10)14)8-12(16)4-6-15-7-5-12/h1-3,15-16H,4-8H2. The van der Waals surface area contributed by atoms with Crippen LogP contribution in [0.3, 0.4) is 0 Å². The minimum Gasteiger partial charge on any atom is -0.389 e. The van der Waals surface area contributed by atoms with E-state index in [4.69, 9.17) is 11.6 Å². The number of aliphatic hydroxyl groups is 1. The van der Waals surface area contributed by atoms with Crippen molar-refractivity contribution in [2.45, 2.75) is 24.9 Å². The van der Waals surface area contributed by atoms with Crippen LogP contribution in [0.15, 0.2) is 18.2 Å². The molecule has 1 aliphatic rings. The molecule has 0 aliphatic carbocycles. The first-order valence-corrected chi connectivity index (χ1v) is 5.84. The smallest absolute Gasteiger partial charge is 0.145 e. The number of rotatable bonds is 2. The molecule has 1 aromatic rings. The second-order valence-electron chi connectivity index (χ2n) is 4.36. The van der Waals surface area contributed by atoms with Gasteiger partial charge >= 0.3 is 0 Å². The fourth-order valence-electron chi connectivity index (χ4n) is 2.11. The summed E-state index contributed by atoms with van der Waals surface area (Å²) in [5.74, 6) is -0.406. The first-order valence-electron chi connectivity index (χ1n) is 5.47. The highest BCUT2D eigenvalue weighted by atomic mass is 35.5. The van der Waals surface area contributed by atoms with Crippen LogP contribution in [0.25, 0.3) is 0 Å². The van der Waals surface area contributed by atoms with E-state index < -0.39 is 11.4 Å². The summed E-state index contributed by atoms with van der Waals surface area (Å²) in [6, 6.07) is 4.92. The first-order chi connectivity index (χ1) is 7.61. The van der Waals surface area contributed by atoms with Gasteiger partial charge in [0.1, 0.15) is 5.82 Å². The van der Waals surface area contributed by atoms with E-state index in [1.165, 1.54) is 6.07 Å². The quantitative estimate of drug-likeness (QED) is 0.834. The molecule has 0 radical (unpaired) electrons. The Bertz CT molecular complexity index is 377. The summed E-state index contributed by atoms with van der Waals surface area (Å²) in [7, 11) is 0. The summed E-state index contributed by atoms with van der Waals surface area (Å²) in [4.78, 5) is 0. The normalized spacial score (nSPS) is 19.7. The Morgan fingerprint density at radius 1 is 1.38 bits per heavy atom. The van der Waals surface area contributed by atoms with Gasteiger partial charge in [-0.05, 0) is 37.6 Å². The Labute approximate surface area is 99.4 Å². The van der Waals surface area contributed by atoms with Crippen LogP contribution in [0.1, 0.15) is 18.4 Å². The molecule has 4 heteroatoms. The molecule has 1 aromatic carbocycles. The first kappa shape index (κ1) is 11.8. The zero-order valence-electron chi connectivity index (χ0n) is 8.97. The third-order valence-corrected chi connectivity index (χ3v) is 3.38. The highest BCUT2D eigenvalue weighted by molar-refractivity contribution is 6.30. The molecule has 1 saturated heterocycles. The molecule has 0 amide bonds. The summed E-state index contributed by atoms with van der Waals surface area (Å²) in [5.41, 5.74) is -0.298. The van der Waals surface area contributed by atoms with Crippen LogP contribution in [0.5, 0.6) is 0 Å². The fourth-order valence-corrected chi connectivity index (χ4v) is 2.30. The predicted molar refractivity (Wildman–Crippen MR) is 62.2 cm³/mol. The van der Waals surface area contributed by atoms with Gasteiger partial charge in [-0.25, -0.2) is 4.39 Å². The molecular formula is C12H15ClFNO. The Morgan fingerprint density at radius 3 is 2.75 bits per heavy atom.